The maximum Gasteiger partial charge on any atom is 0.287 e. The van der Waals surface area contributed by atoms with Gasteiger partial charge in [-0.15, -0.1) is 0 Å². The second kappa shape index (κ2) is 8.37. The van der Waals surface area contributed by atoms with Gasteiger partial charge in [0.1, 0.15) is 0 Å². The van der Waals surface area contributed by atoms with Crippen LogP contribution in [0.5, 0.6) is 0 Å². The predicted octanol–water partition coefficient (Wildman–Crippen LogP) is 3.27. The predicted molar refractivity (Wildman–Crippen MR) is 106 cm³/mol. The molecule has 0 unspecified atom stereocenters. The number of nitrogens with one attached hydrogen (secondary N) is 1. The third kappa shape index (κ3) is 4.04. The molecule has 2 amide bonds. The topological polar surface area (TPSA) is 67.2 Å². The van der Waals surface area contributed by atoms with Crippen molar-refractivity contribution in [1.82, 2.24) is 14.9 Å². The van der Waals surface area contributed by atoms with Gasteiger partial charge in [0.2, 0.25) is 0 Å². The molecule has 0 radical (unpaired) electrons. The number of hydrogen-bond acceptors (Lipinski definition) is 3. The minimum atomic E-state index is -0.200. The first kappa shape index (κ1) is 19.1. The molecule has 27 heavy (non-hydrogen) atoms. The van der Waals surface area contributed by atoms with Crippen molar-refractivity contribution in [2.45, 2.75) is 46.6 Å². The standard InChI is InChI=1S/C21H28N4O2/c1-4-24(16-10-6-5-7-11-16)21(27)18-17-12-8-9-13-25(17)19(23-18)20(26)22-14-15(2)3/h5-7,10-11,15H,4,8-9,12-14H2,1-3H3,(H,22,26). The number of hydrogen-bond donors (Lipinski definition) is 1. The number of amides is 2. The summed E-state index contributed by atoms with van der Waals surface area (Å²) in [7, 11) is 0. The van der Waals surface area contributed by atoms with Crippen LogP contribution >= 0.6 is 0 Å². The van der Waals surface area contributed by atoms with Crippen LogP contribution in [0.25, 0.3) is 0 Å². The van der Waals surface area contributed by atoms with Gasteiger partial charge in [-0.3, -0.25) is 9.59 Å². The van der Waals surface area contributed by atoms with E-state index in [-0.39, 0.29) is 11.8 Å². The second-order valence-corrected chi connectivity index (χ2v) is 7.33. The highest BCUT2D eigenvalue weighted by Gasteiger charge is 2.30. The van der Waals surface area contributed by atoms with Crippen LogP contribution in [0.3, 0.4) is 0 Å². The molecule has 0 saturated heterocycles. The molecule has 1 N–H and O–H groups in total. The Morgan fingerprint density at radius 2 is 1.96 bits per heavy atom. The Morgan fingerprint density at radius 3 is 2.63 bits per heavy atom. The average molecular weight is 368 g/mol. The van der Waals surface area contributed by atoms with E-state index in [1.807, 2.05) is 41.8 Å². The van der Waals surface area contributed by atoms with Gasteiger partial charge in [0.05, 0.1) is 5.69 Å². The van der Waals surface area contributed by atoms with Gasteiger partial charge >= 0.3 is 0 Å². The number of rotatable bonds is 6. The van der Waals surface area contributed by atoms with Gasteiger partial charge in [0.25, 0.3) is 11.8 Å². The number of anilines is 1. The average Bonchev–Trinajstić information content (AvgIpc) is 3.07. The van der Waals surface area contributed by atoms with Crippen molar-refractivity contribution < 1.29 is 9.59 Å². The van der Waals surface area contributed by atoms with Crippen LogP contribution in [0.2, 0.25) is 0 Å². The molecule has 0 bridgehead atoms. The van der Waals surface area contributed by atoms with E-state index in [0.717, 1.165) is 37.2 Å². The molecule has 0 fully saturated rings. The summed E-state index contributed by atoms with van der Waals surface area (Å²) in [6, 6.07) is 9.59. The summed E-state index contributed by atoms with van der Waals surface area (Å²) in [6.07, 6.45) is 2.78. The maximum absolute atomic E-state index is 13.3. The third-order valence-electron chi connectivity index (χ3n) is 4.82. The number of para-hydroxylation sites is 1. The van der Waals surface area contributed by atoms with E-state index in [2.05, 4.69) is 24.1 Å². The summed E-state index contributed by atoms with van der Waals surface area (Å²) in [5.74, 6) is 0.378. The van der Waals surface area contributed by atoms with Gasteiger partial charge in [-0.1, -0.05) is 32.0 Å². The van der Waals surface area contributed by atoms with Crippen LogP contribution < -0.4 is 10.2 Å². The fraction of sp³-hybridized carbons (Fsp3) is 0.476. The highest BCUT2D eigenvalue weighted by molar-refractivity contribution is 6.06. The Morgan fingerprint density at radius 1 is 1.22 bits per heavy atom. The molecular weight excluding hydrogens is 340 g/mol. The first-order valence-corrected chi connectivity index (χ1v) is 9.77. The van der Waals surface area contributed by atoms with E-state index in [1.54, 1.807) is 4.90 Å². The minimum Gasteiger partial charge on any atom is -0.349 e. The minimum absolute atomic E-state index is 0.141. The summed E-state index contributed by atoms with van der Waals surface area (Å²) in [4.78, 5) is 32.2. The lowest BCUT2D eigenvalue weighted by Gasteiger charge is -2.22. The van der Waals surface area contributed by atoms with Gasteiger partial charge in [-0.2, -0.15) is 0 Å². The molecule has 1 aliphatic rings. The number of aromatic nitrogens is 2. The Labute approximate surface area is 160 Å². The van der Waals surface area contributed by atoms with Crippen molar-refractivity contribution >= 4 is 17.5 Å². The summed E-state index contributed by atoms with van der Waals surface area (Å²) in [5.41, 5.74) is 2.14. The lowest BCUT2D eigenvalue weighted by Crippen LogP contribution is -2.32. The first-order chi connectivity index (χ1) is 13.0. The van der Waals surface area contributed by atoms with Gasteiger partial charge in [-0.25, -0.2) is 4.98 Å². The highest BCUT2D eigenvalue weighted by Crippen LogP contribution is 2.24. The third-order valence-corrected chi connectivity index (χ3v) is 4.82. The largest absolute Gasteiger partial charge is 0.349 e. The van der Waals surface area contributed by atoms with Crippen molar-refractivity contribution in [3.8, 4) is 0 Å². The fourth-order valence-electron chi connectivity index (χ4n) is 3.44. The molecule has 6 nitrogen and oxygen atoms in total. The van der Waals surface area contributed by atoms with Gasteiger partial charge < -0.3 is 14.8 Å². The van der Waals surface area contributed by atoms with Crippen molar-refractivity contribution in [2.24, 2.45) is 5.92 Å². The monoisotopic (exact) mass is 368 g/mol. The smallest absolute Gasteiger partial charge is 0.287 e. The summed E-state index contributed by atoms with van der Waals surface area (Å²) >= 11 is 0. The van der Waals surface area contributed by atoms with E-state index < -0.39 is 0 Å². The molecule has 1 aliphatic heterocycles. The lowest BCUT2D eigenvalue weighted by molar-refractivity contribution is 0.0933. The molecule has 0 saturated carbocycles. The van der Waals surface area contributed by atoms with E-state index in [4.69, 9.17) is 0 Å². The number of benzene rings is 1. The Hall–Kier alpha value is -2.63. The molecule has 0 aliphatic carbocycles. The molecule has 0 spiro atoms. The molecule has 144 valence electrons. The zero-order valence-electron chi connectivity index (χ0n) is 16.4. The number of carbonyl (C=O) groups excluding carboxylic acids is 2. The molecule has 1 aromatic carbocycles. The molecule has 2 heterocycles. The van der Waals surface area contributed by atoms with Crippen LogP contribution in [0.4, 0.5) is 5.69 Å². The molecule has 2 aromatic rings. The van der Waals surface area contributed by atoms with E-state index in [1.165, 1.54) is 0 Å². The lowest BCUT2D eigenvalue weighted by atomic mass is 10.1. The summed E-state index contributed by atoms with van der Waals surface area (Å²) in [5, 5.41) is 2.93. The number of nitrogens with zero attached hydrogens (tertiary/aromatic N) is 3. The van der Waals surface area contributed by atoms with Gasteiger partial charge in [0, 0.05) is 25.3 Å². The molecule has 1 aromatic heterocycles. The first-order valence-electron chi connectivity index (χ1n) is 9.77. The summed E-state index contributed by atoms with van der Waals surface area (Å²) < 4.78 is 1.94. The van der Waals surface area contributed by atoms with Crippen LogP contribution in [-0.4, -0.2) is 34.5 Å². The van der Waals surface area contributed by atoms with Crippen molar-refractivity contribution in [2.75, 3.05) is 18.0 Å². The normalized spacial score (nSPS) is 13.3. The fourth-order valence-corrected chi connectivity index (χ4v) is 3.44. The van der Waals surface area contributed by atoms with Gasteiger partial charge in [0.15, 0.2) is 11.5 Å². The van der Waals surface area contributed by atoms with E-state index in [9.17, 15) is 9.59 Å². The van der Waals surface area contributed by atoms with Gasteiger partial charge in [-0.05, 0) is 44.2 Å². The molecule has 6 heteroatoms. The van der Waals surface area contributed by atoms with Crippen molar-refractivity contribution in [3.05, 3.63) is 47.5 Å². The molecule has 0 atom stereocenters. The molecule has 3 rings (SSSR count). The number of imidazole rings is 1. The number of carbonyl (C=O) groups is 2. The second-order valence-electron chi connectivity index (χ2n) is 7.33. The quantitative estimate of drug-likeness (QED) is 0.851. The van der Waals surface area contributed by atoms with E-state index in [0.29, 0.717) is 30.5 Å². The summed E-state index contributed by atoms with van der Waals surface area (Å²) in [6.45, 7) is 7.92. The van der Waals surface area contributed by atoms with Crippen LogP contribution in [-0.2, 0) is 13.0 Å². The van der Waals surface area contributed by atoms with Crippen molar-refractivity contribution in [3.63, 3.8) is 0 Å². The Kier molecular flexibility index (Phi) is 5.94. The Bertz CT molecular complexity index is 811. The van der Waals surface area contributed by atoms with Crippen LogP contribution in [0.15, 0.2) is 30.3 Å². The molecular formula is C21H28N4O2. The van der Waals surface area contributed by atoms with Crippen molar-refractivity contribution in [1.29, 1.82) is 0 Å². The number of fused-ring (bicyclic) bond motifs is 1. The highest BCUT2D eigenvalue weighted by atomic mass is 16.2. The Balaban J connectivity index is 1.95. The SMILES string of the molecule is CCN(C(=O)c1nc(C(=O)NCC(C)C)n2c1CCCC2)c1ccccc1. The van der Waals surface area contributed by atoms with Crippen LogP contribution in [0.1, 0.15) is 60.4 Å². The zero-order valence-corrected chi connectivity index (χ0v) is 16.4. The maximum atomic E-state index is 13.3. The zero-order chi connectivity index (χ0) is 19.4. The van der Waals surface area contributed by atoms with E-state index >= 15 is 0 Å². The van der Waals surface area contributed by atoms with Crippen LogP contribution in [0, 0.1) is 5.92 Å².